The predicted octanol–water partition coefficient (Wildman–Crippen LogP) is 2.55. The Morgan fingerprint density at radius 2 is 1.64 bits per heavy atom. The number of ether oxygens (including phenoxy) is 2. The van der Waals surface area contributed by atoms with Crippen molar-refractivity contribution < 1.29 is 9.47 Å². The minimum absolute atomic E-state index is 0.102. The summed E-state index contributed by atoms with van der Waals surface area (Å²) in [6.45, 7) is 5.49. The molecule has 3 aliphatic rings. The smallest absolute Gasteiger partial charge is 0.201 e. The van der Waals surface area contributed by atoms with Gasteiger partial charge in [0.1, 0.15) is 13.8 Å². The number of hydrogen-bond acceptors (Lipinski definition) is 4. The summed E-state index contributed by atoms with van der Waals surface area (Å²) in [5.74, 6) is 0.883. The number of hydrogen-bond donors (Lipinski definition) is 1. The van der Waals surface area contributed by atoms with Crippen LogP contribution in [0.15, 0.2) is 65.7 Å². The van der Waals surface area contributed by atoms with E-state index in [0.29, 0.717) is 18.8 Å². The van der Waals surface area contributed by atoms with Gasteiger partial charge in [0.2, 0.25) is 5.90 Å². The molecular weight excluding hydrogens is 364 g/mol. The fraction of sp³-hybridized carbons (Fsp3) is 0.435. The van der Waals surface area contributed by atoms with E-state index >= 15 is 0 Å². The van der Waals surface area contributed by atoms with Crippen molar-refractivity contribution in [1.82, 2.24) is 5.32 Å². The van der Waals surface area contributed by atoms with Gasteiger partial charge in [0, 0.05) is 12.1 Å². The van der Waals surface area contributed by atoms with E-state index in [-0.39, 0.29) is 17.8 Å². The Hall–Kier alpha value is -1.95. The first kappa shape index (κ1) is 18.1. The van der Waals surface area contributed by atoms with Crippen molar-refractivity contribution in [3.63, 3.8) is 0 Å². The van der Waals surface area contributed by atoms with Crippen molar-refractivity contribution in [3.05, 3.63) is 60.7 Å². The second-order valence-corrected chi connectivity index (χ2v) is 12.2. The molecule has 2 aromatic carbocycles. The second kappa shape index (κ2) is 6.83. The Bertz CT molecular complexity index is 833. The van der Waals surface area contributed by atoms with Crippen molar-refractivity contribution in [1.29, 1.82) is 0 Å². The molecule has 5 rings (SSSR count). The molecule has 0 radical (unpaired) electrons. The zero-order chi connectivity index (χ0) is 19.2. The zero-order valence-electron chi connectivity index (χ0n) is 16.6. The number of fused-ring (bicyclic) bond motifs is 1. The van der Waals surface area contributed by atoms with E-state index in [1.807, 2.05) is 6.92 Å². The molecule has 1 N–H and O–H groups in total. The minimum atomic E-state index is -2.08. The molecule has 0 spiro atoms. The molecule has 4 nitrogen and oxygen atoms in total. The van der Waals surface area contributed by atoms with Gasteiger partial charge in [-0.3, -0.25) is 5.32 Å². The van der Waals surface area contributed by atoms with E-state index in [9.17, 15) is 0 Å². The number of benzene rings is 2. The molecule has 2 saturated heterocycles. The van der Waals surface area contributed by atoms with E-state index in [4.69, 9.17) is 14.5 Å². The number of rotatable bonds is 5. The average Bonchev–Trinajstić information content (AvgIpc) is 3.20. The van der Waals surface area contributed by atoms with E-state index < -0.39 is 8.07 Å². The fourth-order valence-electron chi connectivity index (χ4n) is 5.92. The van der Waals surface area contributed by atoms with E-state index in [1.54, 1.807) is 0 Å². The molecule has 2 fully saturated rings. The highest BCUT2D eigenvalue weighted by molar-refractivity contribution is 7.04. The van der Waals surface area contributed by atoms with Gasteiger partial charge in [-0.05, 0) is 26.3 Å². The van der Waals surface area contributed by atoms with Gasteiger partial charge in [0.25, 0.3) is 0 Å². The first-order chi connectivity index (χ1) is 13.7. The molecule has 4 atom stereocenters. The number of nitrogens with zero attached hydrogens (tertiary/aromatic N) is 1. The molecule has 0 aliphatic carbocycles. The summed E-state index contributed by atoms with van der Waals surface area (Å²) in [5, 5.41) is 6.84. The SMILES string of the molecule is CCOC1=N[C@H]2C[Si](c3ccccc3)(c3ccccc3)[C@H]3C[C@@H]1N[C@@]23OCC. The molecule has 2 bridgehead atoms. The zero-order valence-corrected chi connectivity index (χ0v) is 17.6. The third kappa shape index (κ3) is 2.39. The van der Waals surface area contributed by atoms with Crippen LogP contribution in [0.1, 0.15) is 20.3 Å². The summed E-state index contributed by atoms with van der Waals surface area (Å²) in [4.78, 5) is 5.13. The first-order valence-corrected chi connectivity index (χ1v) is 12.8. The predicted molar refractivity (Wildman–Crippen MR) is 115 cm³/mol. The lowest BCUT2D eigenvalue weighted by Crippen LogP contribution is -2.62. The first-order valence-electron chi connectivity index (χ1n) is 10.5. The Morgan fingerprint density at radius 3 is 2.21 bits per heavy atom. The van der Waals surface area contributed by atoms with E-state index in [1.165, 1.54) is 10.4 Å². The third-order valence-electron chi connectivity index (χ3n) is 6.83. The number of aliphatic imine (C=N–C) groups is 1. The van der Waals surface area contributed by atoms with Crippen LogP contribution >= 0.6 is 0 Å². The highest BCUT2D eigenvalue weighted by atomic mass is 28.3. The monoisotopic (exact) mass is 392 g/mol. The Labute approximate surface area is 168 Å². The Morgan fingerprint density at radius 1 is 1.00 bits per heavy atom. The van der Waals surface area contributed by atoms with Gasteiger partial charge >= 0.3 is 0 Å². The topological polar surface area (TPSA) is 42.8 Å². The quantitative estimate of drug-likeness (QED) is 0.796. The molecule has 3 heterocycles. The lowest BCUT2D eigenvalue weighted by Gasteiger charge is -2.39. The van der Waals surface area contributed by atoms with Crippen molar-refractivity contribution in [2.75, 3.05) is 13.2 Å². The van der Waals surface area contributed by atoms with Gasteiger partial charge in [-0.2, -0.15) is 0 Å². The molecule has 28 heavy (non-hydrogen) atoms. The molecule has 5 heteroatoms. The Kier molecular flexibility index (Phi) is 4.42. The van der Waals surface area contributed by atoms with Crippen LogP contribution in [-0.2, 0) is 9.47 Å². The van der Waals surface area contributed by atoms with Crippen LogP contribution in [0.2, 0.25) is 11.6 Å². The van der Waals surface area contributed by atoms with Crippen molar-refractivity contribution in [2.45, 2.75) is 49.7 Å². The molecular formula is C23H28N2O2Si. The third-order valence-corrected chi connectivity index (χ3v) is 12.4. The largest absolute Gasteiger partial charge is 0.480 e. The fourth-order valence-corrected chi connectivity index (χ4v) is 12.1. The molecule has 3 aliphatic heterocycles. The average molecular weight is 393 g/mol. The minimum Gasteiger partial charge on any atom is -0.480 e. The van der Waals surface area contributed by atoms with Gasteiger partial charge in [0.05, 0.1) is 18.7 Å². The van der Waals surface area contributed by atoms with Crippen molar-refractivity contribution >= 4 is 24.3 Å². The highest BCUT2D eigenvalue weighted by Gasteiger charge is 2.71. The molecule has 0 aromatic heterocycles. The van der Waals surface area contributed by atoms with Crippen LogP contribution in [0.3, 0.4) is 0 Å². The summed E-state index contributed by atoms with van der Waals surface area (Å²) < 4.78 is 12.4. The van der Waals surface area contributed by atoms with Crippen molar-refractivity contribution in [3.8, 4) is 0 Å². The van der Waals surface area contributed by atoms with Gasteiger partial charge in [0.15, 0.2) is 0 Å². The van der Waals surface area contributed by atoms with Crippen molar-refractivity contribution in [2.24, 2.45) is 4.99 Å². The molecule has 0 unspecified atom stereocenters. The summed E-state index contributed by atoms with van der Waals surface area (Å²) in [6.07, 6.45) is 1.03. The van der Waals surface area contributed by atoms with Gasteiger partial charge < -0.3 is 9.47 Å². The summed E-state index contributed by atoms with van der Waals surface area (Å²) >= 11 is 0. The Balaban J connectivity index is 1.71. The summed E-state index contributed by atoms with van der Waals surface area (Å²) in [7, 11) is -2.08. The second-order valence-electron chi connectivity index (χ2n) is 8.04. The summed E-state index contributed by atoms with van der Waals surface area (Å²) in [6, 6.07) is 23.6. The summed E-state index contributed by atoms with van der Waals surface area (Å²) in [5.41, 5.74) is 0.0687. The van der Waals surface area contributed by atoms with Gasteiger partial charge in [-0.15, -0.1) is 0 Å². The maximum Gasteiger partial charge on any atom is 0.201 e. The van der Waals surface area contributed by atoms with Crippen LogP contribution in [0.4, 0.5) is 0 Å². The maximum atomic E-state index is 6.53. The number of nitrogens with one attached hydrogen (secondary N) is 1. The van der Waals surface area contributed by atoms with E-state index in [2.05, 4.69) is 72.9 Å². The maximum absolute atomic E-state index is 6.53. The van der Waals surface area contributed by atoms with E-state index in [0.717, 1.165) is 18.4 Å². The molecule has 146 valence electrons. The molecule has 2 aromatic rings. The van der Waals surface area contributed by atoms with Crippen LogP contribution in [0, 0.1) is 0 Å². The van der Waals surface area contributed by atoms with Gasteiger partial charge in [-0.1, -0.05) is 71.0 Å². The van der Waals surface area contributed by atoms with Crippen LogP contribution in [0.25, 0.3) is 0 Å². The van der Waals surface area contributed by atoms with Gasteiger partial charge in [-0.25, -0.2) is 4.99 Å². The van der Waals surface area contributed by atoms with Crippen LogP contribution in [0.5, 0.6) is 0 Å². The standard InChI is InChI=1S/C23H28N2O2Si/c1-3-26-22-19-15-21-23(25-19,27-4-2)20(24-22)16-28(21,17-11-7-5-8-12-17)18-13-9-6-10-14-18/h5-14,19-21,25H,3-4,15-16H2,1-2H3/t19-,20-,21-,23+/m0/s1. The lowest BCUT2D eigenvalue weighted by atomic mass is 10.0. The lowest BCUT2D eigenvalue weighted by molar-refractivity contribution is -0.0637. The van der Waals surface area contributed by atoms with Crippen LogP contribution in [-0.4, -0.2) is 45.0 Å². The molecule has 0 amide bonds. The highest BCUT2D eigenvalue weighted by Crippen LogP contribution is 2.57. The normalized spacial score (nSPS) is 32.2. The molecule has 0 saturated carbocycles. The van der Waals surface area contributed by atoms with Crippen LogP contribution < -0.4 is 15.7 Å².